The first kappa shape index (κ1) is 47.1. The van der Waals surface area contributed by atoms with Crippen LogP contribution in [0.1, 0.15) is 61.2 Å². The molecule has 17 heteroatoms. The van der Waals surface area contributed by atoms with Crippen LogP contribution in [-0.2, 0) is 28.9 Å². The fraction of sp³-hybridized carbons (Fsp3) is 0.375. The summed E-state index contributed by atoms with van der Waals surface area (Å²) in [4.78, 5) is 13.4. The Bertz CT molecular complexity index is 2270. The van der Waals surface area contributed by atoms with Crippen molar-refractivity contribution in [2.75, 3.05) is 41.6 Å². The lowest BCUT2D eigenvalue weighted by Gasteiger charge is -2.39. The van der Waals surface area contributed by atoms with Crippen LogP contribution in [0.5, 0.6) is 11.5 Å². The maximum atomic E-state index is 13.4. The highest BCUT2D eigenvalue weighted by Crippen LogP contribution is 2.51. The van der Waals surface area contributed by atoms with E-state index < -0.39 is 38.7 Å². The molecule has 1 amide bonds. The van der Waals surface area contributed by atoms with E-state index in [9.17, 15) is 10.1 Å². The zero-order chi connectivity index (χ0) is 46.1. The van der Waals surface area contributed by atoms with Crippen molar-refractivity contribution >= 4 is 26.7 Å². The number of amides is 1. The van der Waals surface area contributed by atoms with Crippen LogP contribution >= 0.6 is 8.53 Å². The van der Waals surface area contributed by atoms with Crippen LogP contribution in [0.3, 0.4) is 0 Å². The van der Waals surface area contributed by atoms with Crippen molar-refractivity contribution in [2.24, 2.45) is 5.10 Å². The lowest BCUT2D eigenvalue weighted by atomic mass is 9.80. The summed E-state index contributed by atoms with van der Waals surface area (Å²) in [7, 11) is 4.95. The lowest BCUT2D eigenvalue weighted by molar-refractivity contribution is -0.443. The van der Waals surface area contributed by atoms with Crippen LogP contribution in [-0.4, -0.2) is 121 Å². The van der Waals surface area contributed by atoms with Gasteiger partial charge in [0.05, 0.1) is 64.9 Å². The van der Waals surface area contributed by atoms with Gasteiger partial charge in [0, 0.05) is 19.2 Å². The van der Waals surface area contributed by atoms with Crippen molar-refractivity contribution in [3.63, 3.8) is 0 Å². The van der Waals surface area contributed by atoms with Gasteiger partial charge in [0.1, 0.15) is 35.4 Å². The topological polar surface area (TPSA) is 146 Å². The van der Waals surface area contributed by atoms with Crippen molar-refractivity contribution in [3.8, 4) is 17.6 Å². The van der Waals surface area contributed by atoms with Gasteiger partial charge in [-0.2, -0.15) is 5.26 Å². The van der Waals surface area contributed by atoms with Gasteiger partial charge in [-0.3, -0.25) is 4.79 Å². The number of hydrogen-bond donors (Lipinski definition) is 1. The predicted octanol–water partition coefficient (Wildman–Crippen LogP) is 7.02. The molecule has 0 aromatic heterocycles. The van der Waals surface area contributed by atoms with Gasteiger partial charge < -0.3 is 32.7 Å². The highest BCUT2D eigenvalue weighted by Gasteiger charge is 2.55. The summed E-state index contributed by atoms with van der Waals surface area (Å²) in [6.07, 6.45) is 2.31. The second kappa shape index (κ2) is 21.4. The maximum Gasteiger partial charge on any atom is 0.409 e. The fourth-order valence-corrected chi connectivity index (χ4v) is 9.93. The molecule has 5 atom stereocenters. The van der Waals surface area contributed by atoms with E-state index >= 15 is 0 Å². The average Bonchev–Trinajstić information content (AvgIpc) is 3.91. The number of hydrazine groups is 2. The van der Waals surface area contributed by atoms with E-state index in [1.807, 2.05) is 117 Å². The third kappa shape index (κ3) is 10.0. The highest BCUT2D eigenvalue weighted by atomic mass is 31.2. The Morgan fingerprint density at radius 3 is 2.02 bits per heavy atom. The quantitative estimate of drug-likeness (QED) is 0.0446. The summed E-state index contributed by atoms with van der Waals surface area (Å²) in [6.45, 7) is 8.54. The van der Waals surface area contributed by atoms with Crippen molar-refractivity contribution in [1.29, 1.82) is 5.26 Å². The van der Waals surface area contributed by atoms with Gasteiger partial charge in [0.15, 0.2) is 12.6 Å². The molecule has 3 aliphatic rings. The number of fused-ring (bicyclic) bond motifs is 1. The number of rotatable bonds is 19. The molecule has 1 N–H and O–H groups in total. The van der Waals surface area contributed by atoms with E-state index in [1.165, 1.54) is 0 Å². The Labute approximate surface area is 382 Å². The number of benzene rings is 4. The summed E-state index contributed by atoms with van der Waals surface area (Å²) in [6, 6.07) is 37.0. The molecule has 342 valence electrons. The Hall–Kier alpha value is -5.89. The number of hydrogen-bond acceptors (Lipinski definition) is 14. The Morgan fingerprint density at radius 2 is 1.46 bits per heavy atom. The molecule has 7 rings (SSSR count). The molecule has 1 saturated heterocycles. The summed E-state index contributed by atoms with van der Waals surface area (Å²) in [5, 5.41) is 22.4. The maximum absolute atomic E-state index is 13.4. The largest absolute Gasteiger partial charge is 0.497 e. The molecule has 65 heavy (non-hydrogen) atoms. The first-order valence-corrected chi connectivity index (χ1v) is 22.7. The van der Waals surface area contributed by atoms with Gasteiger partial charge in [-0.05, 0) is 85.9 Å². The average molecular weight is 906 g/mol. The minimum atomic E-state index is -1.77. The number of hydrazone groups is 1. The van der Waals surface area contributed by atoms with E-state index in [4.69, 9.17) is 37.8 Å². The summed E-state index contributed by atoms with van der Waals surface area (Å²) < 4.78 is 49.7. The molecule has 3 heterocycles. The van der Waals surface area contributed by atoms with Crippen LogP contribution in [0.25, 0.3) is 0 Å². The second-order valence-corrected chi connectivity index (χ2v) is 17.4. The van der Waals surface area contributed by atoms with E-state index in [-0.39, 0.29) is 37.6 Å². The minimum absolute atomic E-state index is 0.0104. The summed E-state index contributed by atoms with van der Waals surface area (Å²) >= 11 is 0. The molecular formula is C48H58N8O8P+. The molecule has 0 spiro atoms. The fourth-order valence-electron chi connectivity index (χ4n) is 8.17. The van der Waals surface area contributed by atoms with Crippen LogP contribution in [0.4, 0.5) is 0 Å². The first-order chi connectivity index (χ1) is 31.5. The minimum Gasteiger partial charge on any atom is -0.497 e. The normalized spacial score (nSPS) is 19.9. The standard InChI is InChI=1S/C48H57N8O8P/c1-34(2)55(35(3)4)65(62-31-15-28-49)64-43-42(32-61-48(37-18-13-10-14-19-37,38-20-24-40(58-6)25-21-38)39-22-26-41(59-7)27-23-39)63-46(44(43)60-8)53-33-50-56-47(52(5)29-30-54(53)56)51-45(57)36-16-11-9-12-17-36/h9-14,16-27,29-30,33-35,42-44,46H,15,31-32H2,1-8H3/p+1/t42-,43-,44-,46-,65?/m1/s1. The highest BCUT2D eigenvalue weighted by molar-refractivity contribution is 7.44. The van der Waals surface area contributed by atoms with E-state index in [1.54, 1.807) is 59.6 Å². The van der Waals surface area contributed by atoms with Crippen LogP contribution < -0.4 is 14.8 Å². The number of guanidine groups is 1. The molecule has 3 aliphatic heterocycles. The molecule has 4 aromatic carbocycles. The second-order valence-electron chi connectivity index (χ2n) is 16.0. The van der Waals surface area contributed by atoms with Crippen molar-refractivity contribution in [3.05, 3.63) is 144 Å². The van der Waals surface area contributed by atoms with Crippen molar-refractivity contribution in [2.45, 2.75) is 76.3 Å². The predicted molar refractivity (Wildman–Crippen MR) is 246 cm³/mol. The van der Waals surface area contributed by atoms with Crippen LogP contribution in [0.15, 0.2) is 127 Å². The number of carbonyl (C=O) groups is 1. The molecule has 0 bridgehead atoms. The van der Waals surface area contributed by atoms with Crippen LogP contribution in [0, 0.1) is 11.3 Å². The Morgan fingerprint density at radius 1 is 0.877 bits per heavy atom. The number of nitrogens with one attached hydrogen (secondary N) is 1. The molecule has 16 nitrogen and oxygen atoms in total. The summed E-state index contributed by atoms with van der Waals surface area (Å²) in [5.41, 5.74) is 1.91. The van der Waals surface area contributed by atoms with Gasteiger partial charge in [0.2, 0.25) is 0 Å². The van der Waals surface area contributed by atoms with E-state index in [0.29, 0.717) is 23.0 Å². The molecule has 1 unspecified atom stereocenters. The SMILES string of the molecule is COc1ccc(C(OC[C@H]2O[C@@H](N3C=NN4C(NC(=O)c5ccccc5)=[N+](C)C=CN43)[C@H](OC)[C@@H]2OP(OCCC#N)N(C(C)C)C(C)C)(c2ccccc2)c2ccc(OC)cc2)cc1. The third-order valence-corrected chi connectivity index (χ3v) is 13.4. The summed E-state index contributed by atoms with van der Waals surface area (Å²) in [5.74, 6) is 1.50. The molecule has 0 aliphatic carbocycles. The van der Waals surface area contributed by atoms with Gasteiger partial charge in [-0.15, -0.1) is 5.12 Å². The molecule has 1 fully saturated rings. The Kier molecular flexibility index (Phi) is 15.5. The molecule has 0 radical (unpaired) electrons. The monoisotopic (exact) mass is 905 g/mol. The number of ether oxygens (including phenoxy) is 5. The molecular weight excluding hydrogens is 848 g/mol. The van der Waals surface area contributed by atoms with Gasteiger partial charge >= 0.3 is 11.9 Å². The molecule has 0 saturated carbocycles. The number of carbonyl (C=O) groups excluding carboxylic acids is 1. The first-order valence-electron chi connectivity index (χ1n) is 21.5. The number of nitriles is 1. The van der Waals surface area contributed by atoms with Gasteiger partial charge in [-0.25, -0.2) is 19.6 Å². The smallest absolute Gasteiger partial charge is 0.409 e. The lowest BCUT2D eigenvalue weighted by Crippen LogP contribution is -2.58. The van der Waals surface area contributed by atoms with Gasteiger partial charge in [-0.1, -0.05) is 77.9 Å². The number of nitrogens with zero attached hydrogens (tertiary/aromatic N) is 7. The molecule has 4 aromatic rings. The third-order valence-electron chi connectivity index (χ3n) is 11.2. The van der Waals surface area contributed by atoms with Crippen molar-refractivity contribution in [1.82, 2.24) is 25.2 Å². The van der Waals surface area contributed by atoms with Crippen molar-refractivity contribution < 1.29 is 42.1 Å². The zero-order valence-corrected chi connectivity index (χ0v) is 38.9. The van der Waals surface area contributed by atoms with Gasteiger partial charge in [0.25, 0.3) is 8.53 Å². The Balaban J connectivity index is 1.28. The van der Waals surface area contributed by atoms with Crippen LogP contribution in [0.2, 0.25) is 0 Å². The van der Waals surface area contributed by atoms with E-state index in [0.717, 1.165) is 16.7 Å². The van der Waals surface area contributed by atoms with E-state index in [2.05, 4.69) is 43.8 Å². The number of methoxy groups -OCH3 is 3. The zero-order valence-electron chi connectivity index (χ0n) is 38.1.